The van der Waals surface area contributed by atoms with Gasteiger partial charge in [0.2, 0.25) is 0 Å². The largest absolute Gasteiger partial charge is 0.388 e. The molecule has 0 radical (unpaired) electrons. The lowest BCUT2D eigenvalue weighted by Crippen LogP contribution is -2.36. The Morgan fingerprint density at radius 3 is 2.57 bits per heavy atom. The third-order valence-corrected chi connectivity index (χ3v) is 3.35. The lowest BCUT2D eigenvalue weighted by atomic mass is 10.1. The molecule has 2 rings (SSSR count). The van der Waals surface area contributed by atoms with Crippen LogP contribution < -0.4 is 5.32 Å². The van der Waals surface area contributed by atoms with E-state index in [0.29, 0.717) is 12.2 Å². The molecule has 0 saturated carbocycles. The van der Waals surface area contributed by atoms with Crippen molar-refractivity contribution in [3.8, 4) is 0 Å². The van der Waals surface area contributed by atoms with Crippen LogP contribution in [0.2, 0.25) is 0 Å². The van der Waals surface area contributed by atoms with Crippen LogP contribution in [0.4, 0.5) is 5.69 Å². The van der Waals surface area contributed by atoms with Crippen LogP contribution in [-0.4, -0.2) is 28.9 Å². The first-order valence-corrected chi connectivity index (χ1v) is 7.10. The molecule has 0 saturated heterocycles. The van der Waals surface area contributed by atoms with Crippen molar-refractivity contribution in [3.63, 3.8) is 0 Å². The van der Waals surface area contributed by atoms with Gasteiger partial charge in [0.05, 0.1) is 0 Å². The highest BCUT2D eigenvalue weighted by Crippen LogP contribution is 2.14. The number of nitrogens with zero attached hydrogens (tertiary/aromatic N) is 2. The van der Waals surface area contributed by atoms with Crippen molar-refractivity contribution in [2.24, 2.45) is 0 Å². The summed E-state index contributed by atoms with van der Waals surface area (Å²) in [7, 11) is 1.83. The monoisotopic (exact) mass is 283 g/mol. The predicted octanol–water partition coefficient (Wildman–Crippen LogP) is 3.17. The smallest absolute Gasteiger partial charge is 0.273 e. The zero-order valence-corrected chi connectivity index (χ0v) is 12.7. The van der Waals surface area contributed by atoms with Crippen LogP contribution in [-0.2, 0) is 6.54 Å². The molecule has 21 heavy (non-hydrogen) atoms. The topological polar surface area (TPSA) is 45.2 Å². The molecule has 0 bridgehead atoms. The molecular formula is C17H21N3O. The molecule has 0 aliphatic heterocycles. The van der Waals surface area contributed by atoms with Gasteiger partial charge in [-0.1, -0.05) is 30.3 Å². The number of nitrogens with one attached hydrogen (secondary N) is 1. The van der Waals surface area contributed by atoms with E-state index in [2.05, 4.69) is 10.3 Å². The van der Waals surface area contributed by atoms with E-state index in [-0.39, 0.29) is 11.9 Å². The van der Waals surface area contributed by atoms with Crippen molar-refractivity contribution >= 4 is 11.6 Å². The number of aromatic nitrogens is 1. The van der Waals surface area contributed by atoms with Crippen LogP contribution in [0.1, 0.15) is 29.9 Å². The fraction of sp³-hybridized carbons (Fsp3) is 0.294. The lowest BCUT2D eigenvalue weighted by molar-refractivity contribution is 0.0684. The first-order chi connectivity index (χ1) is 10.1. The zero-order valence-electron chi connectivity index (χ0n) is 12.7. The normalized spacial score (nSPS) is 10.5. The summed E-state index contributed by atoms with van der Waals surface area (Å²) in [6.45, 7) is 4.62. The van der Waals surface area contributed by atoms with E-state index >= 15 is 0 Å². The van der Waals surface area contributed by atoms with Crippen molar-refractivity contribution in [3.05, 3.63) is 59.9 Å². The summed E-state index contributed by atoms with van der Waals surface area (Å²) in [5.41, 5.74) is 2.47. The molecular weight excluding hydrogens is 262 g/mol. The highest BCUT2D eigenvalue weighted by atomic mass is 16.2. The third kappa shape index (κ3) is 3.81. The highest BCUT2D eigenvalue weighted by molar-refractivity contribution is 5.93. The van der Waals surface area contributed by atoms with Crippen molar-refractivity contribution in [1.29, 1.82) is 0 Å². The van der Waals surface area contributed by atoms with Gasteiger partial charge in [-0.25, -0.2) is 0 Å². The Bertz CT molecular complexity index is 596. The Kier molecular flexibility index (Phi) is 4.93. The molecule has 0 spiro atoms. The third-order valence-electron chi connectivity index (χ3n) is 3.35. The summed E-state index contributed by atoms with van der Waals surface area (Å²) < 4.78 is 0. The summed E-state index contributed by atoms with van der Waals surface area (Å²) >= 11 is 0. The van der Waals surface area contributed by atoms with E-state index in [1.165, 1.54) is 0 Å². The van der Waals surface area contributed by atoms with Gasteiger partial charge in [-0.15, -0.1) is 0 Å². The quantitative estimate of drug-likeness (QED) is 0.916. The van der Waals surface area contributed by atoms with Gasteiger partial charge in [-0.2, -0.15) is 0 Å². The predicted molar refractivity (Wildman–Crippen MR) is 85.2 cm³/mol. The summed E-state index contributed by atoms with van der Waals surface area (Å²) in [6.07, 6.45) is 1.65. The number of amides is 1. The minimum atomic E-state index is -0.0500. The Hall–Kier alpha value is -2.36. The molecule has 4 heteroatoms. The molecule has 0 fully saturated rings. The lowest BCUT2D eigenvalue weighted by Gasteiger charge is -2.26. The number of anilines is 1. The number of pyridine rings is 1. The second kappa shape index (κ2) is 6.88. The molecule has 1 heterocycles. The van der Waals surface area contributed by atoms with Crippen molar-refractivity contribution in [2.45, 2.75) is 26.4 Å². The van der Waals surface area contributed by atoms with Crippen LogP contribution in [0.3, 0.4) is 0 Å². The Morgan fingerprint density at radius 2 is 1.95 bits per heavy atom. The highest BCUT2D eigenvalue weighted by Gasteiger charge is 2.20. The molecule has 0 unspecified atom stereocenters. The van der Waals surface area contributed by atoms with Gasteiger partial charge < -0.3 is 10.2 Å². The SMILES string of the molecule is CNc1ccnc(C(=O)N(Cc2ccccc2)C(C)C)c1. The van der Waals surface area contributed by atoms with E-state index < -0.39 is 0 Å². The number of rotatable bonds is 5. The fourth-order valence-electron chi connectivity index (χ4n) is 2.12. The molecule has 1 amide bonds. The maximum absolute atomic E-state index is 12.7. The van der Waals surface area contributed by atoms with E-state index in [9.17, 15) is 4.79 Å². The van der Waals surface area contributed by atoms with Crippen LogP contribution >= 0.6 is 0 Å². The molecule has 1 aromatic heterocycles. The average molecular weight is 283 g/mol. The molecule has 0 atom stereocenters. The van der Waals surface area contributed by atoms with Crippen LogP contribution in [0.5, 0.6) is 0 Å². The van der Waals surface area contributed by atoms with Crippen LogP contribution in [0.25, 0.3) is 0 Å². The van der Waals surface area contributed by atoms with Gasteiger partial charge in [0, 0.05) is 31.5 Å². The van der Waals surface area contributed by atoms with Crippen molar-refractivity contribution in [2.75, 3.05) is 12.4 Å². The minimum absolute atomic E-state index is 0.0500. The Morgan fingerprint density at radius 1 is 1.24 bits per heavy atom. The molecule has 0 aliphatic rings. The molecule has 0 aliphatic carbocycles. The maximum Gasteiger partial charge on any atom is 0.273 e. The van der Waals surface area contributed by atoms with Gasteiger partial charge >= 0.3 is 0 Å². The van der Waals surface area contributed by atoms with E-state index in [1.807, 2.05) is 62.2 Å². The molecule has 1 aromatic carbocycles. The zero-order chi connectivity index (χ0) is 15.2. The molecule has 110 valence electrons. The second-order valence-corrected chi connectivity index (χ2v) is 5.19. The molecule has 2 aromatic rings. The molecule has 1 N–H and O–H groups in total. The first-order valence-electron chi connectivity index (χ1n) is 7.10. The van der Waals surface area contributed by atoms with Gasteiger partial charge in [0.15, 0.2) is 0 Å². The van der Waals surface area contributed by atoms with E-state index in [0.717, 1.165) is 11.3 Å². The average Bonchev–Trinajstić information content (AvgIpc) is 2.52. The molecule has 4 nitrogen and oxygen atoms in total. The van der Waals surface area contributed by atoms with Crippen molar-refractivity contribution < 1.29 is 4.79 Å². The van der Waals surface area contributed by atoms with Gasteiger partial charge in [-0.05, 0) is 31.5 Å². The number of hydrogen-bond donors (Lipinski definition) is 1. The Labute approximate surface area is 125 Å². The summed E-state index contributed by atoms with van der Waals surface area (Å²) in [5, 5.41) is 3.03. The van der Waals surface area contributed by atoms with Crippen LogP contribution in [0.15, 0.2) is 48.7 Å². The number of benzene rings is 1. The van der Waals surface area contributed by atoms with Crippen LogP contribution in [0, 0.1) is 0 Å². The van der Waals surface area contributed by atoms with Crippen molar-refractivity contribution in [1.82, 2.24) is 9.88 Å². The van der Waals surface area contributed by atoms with Gasteiger partial charge in [0.25, 0.3) is 5.91 Å². The standard InChI is InChI=1S/C17H21N3O/c1-13(2)20(12-14-7-5-4-6-8-14)17(21)16-11-15(18-3)9-10-19-16/h4-11,13H,12H2,1-3H3,(H,18,19). The number of hydrogen-bond acceptors (Lipinski definition) is 3. The first kappa shape index (κ1) is 15.0. The Balaban J connectivity index is 2.23. The number of carbonyl (C=O) groups is 1. The summed E-state index contributed by atoms with van der Waals surface area (Å²) in [5.74, 6) is -0.0500. The van der Waals surface area contributed by atoms with Gasteiger partial charge in [0.1, 0.15) is 5.69 Å². The van der Waals surface area contributed by atoms with E-state index in [4.69, 9.17) is 0 Å². The fourth-order valence-corrected chi connectivity index (χ4v) is 2.12. The summed E-state index contributed by atoms with van der Waals surface area (Å²) in [6, 6.07) is 13.7. The summed E-state index contributed by atoms with van der Waals surface area (Å²) in [4.78, 5) is 18.7. The maximum atomic E-state index is 12.7. The van der Waals surface area contributed by atoms with E-state index in [1.54, 1.807) is 12.3 Å². The number of carbonyl (C=O) groups excluding carboxylic acids is 1. The van der Waals surface area contributed by atoms with Gasteiger partial charge in [-0.3, -0.25) is 9.78 Å². The second-order valence-electron chi connectivity index (χ2n) is 5.19. The minimum Gasteiger partial charge on any atom is -0.388 e.